The Hall–Kier alpha value is -1.26. The number of likely N-dealkylation sites (N-methyl/N-ethyl adjacent to an activating group) is 1. The molecule has 1 aromatic rings. The Bertz CT molecular complexity index is 474. The Morgan fingerprint density at radius 3 is 2.67 bits per heavy atom. The van der Waals surface area contributed by atoms with Gasteiger partial charge in [-0.1, -0.05) is 13.0 Å². The van der Waals surface area contributed by atoms with Crippen LogP contribution < -0.4 is 4.74 Å². The summed E-state index contributed by atoms with van der Waals surface area (Å²) >= 11 is 0. The largest absolute Gasteiger partial charge is 0.507 e. The van der Waals surface area contributed by atoms with Crippen LogP contribution in [-0.2, 0) is 6.54 Å². The number of nitrogens with zero attached hydrogens (tertiary/aromatic N) is 2. The Morgan fingerprint density at radius 2 is 2.05 bits per heavy atom. The van der Waals surface area contributed by atoms with Crippen LogP contribution in [-0.4, -0.2) is 53.7 Å². The Kier molecular flexibility index (Phi) is 5.12. The fraction of sp³-hybridized carbons (Fsp3) is 0.647. The van der Waals surface area contributed by atoms with Crippen molar-refractivity contribution in [2.45, 2.75) is 39.3 Å². The van der Waals surface area contributed by atoms with Gasteiger partial charge < -0.3 is 9.84 Å². The molecule has 2 rings (SSSR count). The molecule has 0 aromatic heterocycles. The van der Waals surface area contributed by atoms with Crippen LogP contribution in [0.5, 0.6) is 11.5 Å². The van der Waals surface area contributed by atoms with Crippen LogP contribution in [0, 0.1) is 0 Å². The van der Waals surface area contributed by atoms with E-state index in [1.54, 1.807) is 6.07 Å². The molecule has 1 aliphatic heterocycles. The maximum atomic E-state index is 10.2. The van der Waals surface area contributed by atoms with Gasteiger partial charge in [-0.15, -0.1) is 0 Å². The van der Waals surface area contributed by atoms with Crippen LogP contribution >= 0.6 is 0 Å². The highest BCUT2D eigenvalue weighted by molar-refractivity contribution is 5.39. The first-order valence-electron chi connectivity index (χ1n) is 7.80. The number of phenols is 1. The van der Waals surface area contributed by atoms with Crippen molar-refractivity contribution in [3.63, 3.8) is 0 Å². The smallest absolute Gasteiger partial charge is 0.123 e. The summed E-state index contributed by atoms with van der Waals surface area (Å²) in [5.41, 5.74) is 1.15. The topological polar surface area (TPSA) is 35.9 Å². The number of ether oxygens (including phenoxy) is 1. The average Bonchev–Trinajstić information content (AvgIpc) is 2.43. The number of benzene rings is 1. The zero-order valence-electron chi connectivity index (χ0n) is 13.7. The van der Waals surface area contributed by atoms with Crippen molar-refractivity contribution in [2.75, 3.05) is 33.3 Å². The summed E-state index contributed by atoms with van der Waals surface area (Å²) in [4.78, 5) is 4.80. The summed E-state index contributed by atoms with van der Waals surface area (Å²) in [5.74, 6) is 1.08. The van der Waals surface area contributed by atoms with Crippen LogP contribution in [0.1, 0.15) is 32.8 Å². The van der Waals surface area contributed by atoms with Gasteiger partial charge in [0.05, 0.1) is 6.61 Å². The van der Waals surface area contributed by atoms with E-state index in [2.05, 4.69) is 37.6 Å². The number of piperazine rings is 1. The van der Waals surface area contributed by atoms with Gasteiger partial charge in [-0.2, -0.15) is 0 Å². The van der Waals surface area contributed by atoms with E-state index in [9.17, 15) is 5.11 Å². The third-order valence-corrected chi connectivity index (χ3v) is 4.32. The second-order valence-electron chi connectivity index (χ2n) is 6.58. The highest BCUT2D eigenvalue weighted by Gasteiger charge is 2.31. The zero-order valence-corrected chi connectivity index (χ0v) is 13.7. The summed E-state index contributed by atoms with van der Waals surface area (Å²) in [7, 11) is 2.18. The molecule has 1 aliphatic rings. The predicted octanol–water partition coefficient (Wildman–Crippen LogP) is 2.71. The third kappa shape index (κ3) is 4.11. The van der Waals surface area contributed by atoms with E-state index in [0.29, 0.717) is 12.4 Å². The maximum absolute atomic E-state index is 10.2. The lowest BCUT2D eigenvalue weighted by Gasteiger charge is -2.45. The molecule has 0 atom stereocenters. The van der Waals surface area contributed by atoms with Crippen LogP contribution in [0.4, 0.5) is 0 Å². The van der Waals surface area contributed by atoms with Crippen LogP contribution in [0.15, 0.2) is 18.2 Å². The van der Waals surface area contributed by atoms with Gasteiger partial charge in [-0.05, 0) is 33.4 Å². The monoisotopic (exact) mass is 292 g/mol. The van der Waals surface area contributed by atoms with Crippen molar-refractivity contribution in [1.29, 1.82) is 0 Å². The maximum Gasteiger partial charge on any atom is 0.123 e. The van der Waals surface area contributed by atoms with Gasteiger partial charge in [0.15, 0.2) is 0 Å². The normalized spacial score (nSPS) is 19.6. The van der Waals surface area contributed by atoms with Crippen molar-refractivity contribution in [3.8, 4) is 11.5 Å². The fourth-order valence-electron chi connectivity index (χ4n) is 2.70. The molecule has 0 bridgehead atoms. The minimum absolute atomic E-state index is 0.179. The molecule has 0 unspecified atom stereocenters. The van der Waals surface area contributed by atoms with E-state index in [0.717, 1.165) is 43.9 Å². The minimum atomic E-state index is 0.179. The Morgan fingerprint density at radius 1 is 1.29 bits per heavy atom. The van der Waals surface area contributed by atoms with Crippen molar-refractivity contribution >= 4 is 0 Å². The van der Waals surface area contributed by atoms with E-state index in [4.69, 9.17) is 4.74 Å². The first-order valence-corrected chi connectivity index (χ1v) is 7.80. The lowest BCUT2D eigenvalue weighted by Crippen LogP contribution is -2.57. The van der Waals surface area contributed by atoms with E-state index >= 15 is 0 Å². The Labute approximate surface area is 128 Å². The quantitative estimate of drug-likeness (QED) is 0.905. The van der Waals surface area contributed by atoms with Gasteiger partial charge in [-0.25, -0.2) is 0 Å². The molecule has 0 spiro atoms. The standard InChI is InChI=1S/C17H28N2O2/c1-5-10-21-15-7-6-14(16(20)11-15)12-19-9-8-18(4)17(2,3)13-19/h6-7,11,20H,5,8-10,12-13H2,1-4H3. The number of rotatable bonds is 5. The van der Waals surface area contributed by atoms with Gasteiger partial charge >= 0.3 is 0 Å². The highest BCUT2D eigenvalue weighted by atomic mass is 16.5. The van der Waals surface area contributed by atoms with Crippen LogP contribution in [0.2, 0.25) is 0 Å². The third-order valence-electron chi connectivity index (χ3n) is 4.32. The van der Waals surface area contributed by atoms with E-state index in [1.165, 1.54) is 0 Å². The van der Waals surface area contributed by atoms with Crippen molar-refractivity contribution in [1.82, 2.24) is 9.80 Å². The van der Waals surface area contributed by atoms with E-state index in [-0.39, 0.29) is 5.54 Å². The zero-order chi connectivity index (χ0) is 15.5. The molecular formula is C17H28N2O2. The van der Waals surface area contributed by atoms with Gasteiger partial charge in [0.1, 0.15) is 11.5 Å². The van der Waals surface area contributed by atoms with Crippen molar-refractivity contribution in [2.24, 2.45) is 0 Å². The first-order chi connectivity index (χ1) is 9.92. The molecule has 0 aliphatic carbocycles. The molecule has 118 valence electrons. The number of phenolic OH excluding ortho intramolecular Hbond substituents is 1. The van der Waals surface area contributed by atoms with Crippen molar-refractivity contribution in [3.05, 3.63) is 23.8 Å². The highest BCUT2D eigenvalue weighted by Crippen LogP contribution is 2.27. The molecule has 4 heteroatoms. The first kappa shape index (κ1) is 16.1. The summed E-state index contributed by atoms with van der Waals surface area (Å²) in [5, 5.41) is 10.2. The van der Waals surface area contributed by atoms with Crippen LogP contribution in [0.3, 0.4) is 0 Å². The molecule has 21 heavy (non-hydrogen) atoms. The number of hydrogen-bond acceptors (Lipinski definition) is 4. The van der Waals surface area contributed by atoms with Gasteiger partial charge in [0.25, 0.3) is 0 Å². The van der Waals surface area contributed by atoms with Crippen molar-refractivity contribution < 1.29 is 9.84 Å². The molecule has 4 nitrogen and oxygen atoms in total. The summed E-state index contributed by atoms with van der Waals surface area (Å²) in [6.45, 7) is 11.2. The molecule has 1 saturated heterocycles. The predicted molar refractivity (Wildman–Crippen MR) is 85.9 cm³/mol. The molecular weight excluding hydrogens is 264 g/mol. The minimum Gasteiger partial charge on any atom is -0.507 e. The van der Waals surface area contributed by atoms with Gasteiger partial charge in [0.2, 0.25) is 0 Å². The second kappa shape index (κ2) is 6.67. The van der Waals surface area contributed by atoms with E-state index < -0.39 is 0 Å². The summed E-state index contributed by atoms with van der Waals surface area (Å²) < 4.78 is 5.55. The second-order valence-corrected chi connectivity index (χ2v) is 6.58. The van der Waals surface area contributed by atoms with Gasteiger partial charge in [-0.3, -0.25) is 9.80 Å². The summed E-state index contributed by atoms with van der Waals surface area (Å²) in [6.07, 6.45) is 0.971. The van der Waals surface area contributed by atoms with E-state index in [1.807, 2.05) is 12.1 Å². The molecule has 0 radical (unpaired) electrons. The Balaban J connectivity index is 2.00. The molecule has 0 saturated carbocycles. The lowest BCUT2D eigenvalue weighted by molar-refractivity contribution is 0.0356. The molecule has 1 fully saturated rings. The molecule has 1 heterocycles. The number of aromatic hydroxyl groups is 1. The molecule has 0 amide bonds. The van der Waals surface area contributed by atoms with Crippen LogP contribution in [0.25, 0.3) is 0 Å². The number of hydrogen-bond donors (Lipinski definition) is 1. The average molecular weight is 292 g/mol. The van der Waals surface area contributed by atoms with Gasteiger partial charge in [0, 0.05) is 43.3 Å². The fourth-order valence-corrected chi connectivity index (χ4v) is 2.70. The lowest BCUT2D eigenvalue weighted by atomic mass is 9.99. The molecule has 1 N–H and O–H groups in total. The molecule has 1 aromatic carbocycles. The SMILES string of the molecule is CCCOc1ccc(CN2CCN(C)C(C)(C)C2)c(O)c1. The summed E-state index contributed by atoms with van der Waals surface area (Å²) in [6, 6.07) is 5.66.